The molecule has 1 aromatic rings. The number of nitrogens with one attached hydrogen (secondary N) is 1. The lowest BCUT2D eigenvalue weighted by Crippen LogP contribution is -2.46. The van der Waals surface area contributed by atoms with E-state index in [9.17, 15) is 4.79 Å². The molecule has 1 heterocycles. The maximum absolute atomic E-state index is 12.0. The molecule has 1 amide bonds. The fraction of sp³-hybridized carbons (Fsp3) is 0.500. The van der Waals surface area contributed by atoms with Crippen LogP contribution < -0.4 is 5.32 Å². The zero-order valence-electron chi connectivity index (χ0n) is 12.5. The van der Waals surface area contributed by atoms with Crippen molar-refractivity contribution in [2.24, 2.45) is 0 Å². The third kappa shape index (κ3) is 4.55. The molecule has 5 nitrogen and oxygen atoms in total. The molecule has 21 heavy (non-hydrogen) atoms. The minimum atomic E-state index is -0.0653. The second-order valence-electron chi connectivity index (χ2n) is 5.47. The molecule has 1 aromatic carbocycles. The van der Waals surface area contributed by atoms with Crippen molar-refractivity contribution < 1.29 is 9.53 Å². The Hall–Kier alpha value is -1.90. The number of carbonyl (C=O) groups excluding carboxylic acids is 1. The van der Waals surface area contributed by atoms with Gasteiger partial charge in [0, 0.05) is 26.1 Å². The Kier molecular flexibility index (Phi) is 5.32. The molecule has 0 radical (unpaired) electrons. The number of hydrogen-bond donors (Lipinski definition) is 1. The quantitative estimate of drug-likeness (QED) is 0.920. The van der Waals surface area contributed by atoms with E-state index in [1.54, 1.807) is 18.2 Å². The molecule has 1 fully saturated rings. The first-order chi connectivity index (χ1) is 10.1. The Labute approximate surface area is 125 Å². The van der Waals surface area contributed by atoms with E-state index in [4.69, 9.17) is 10.00 Å². The SMILES string of the molecule is CC1CN(CCC(=O)Nc2ccccc2C#N)CC(C)O1. The molecule has 112 valence electrons. The summed E-state index contributed by atoms with van der Waals surface area (Å²) in [6, 6.07) is 9.11. The monoisotopic (exact) mass is 287 g/mol. The third-order valence-electron chi connectivity index (χ3n) is 3.47. The van der Waals surface area contributed by atoms with Gasteiger partial charge < -0.3 is 10.1 Å². The van der Waals surface area contributed by atoms with Crippen LogP contribution in [0.15, 0.2) is 24.3 Å². The van der Waals surface area contributed by atoms with Crippen molar-refractivity contribution >= 4 is 11.6 Å². The number of para-hydroxylation sites is 1. The first-order valence-electron chi connectivity index (χ1n) is 7.25. The van der Waals surface area contributed by atoms with Gasteiger partial charge in [0.1, 0.15) is 6.07 Å². The van der Waals surface area contributed by atoms with E-state index >= 15 is 0 Å². The van der Waals surface area contributed by atoms with Gasteiger partial charge in [0.05, 0.1) is 23.5 Å². The molecule has 0 aliphatic carbocycles. The number of ether oxygens (including phenoxy) is 1. The summed E-state index contributed by atoms with van der Waals surface area (Å²) in [7, 11) is 0. The lowest BCUT2D eigenvalue weighted by molar-refractivity contribution is -0.117. The molecule has 0 aromatic heterocycles. The number of morpholine rings is 1. The van der Waals surface area contributed by atoms with Gasteiger partial charge in [0.15, 0.2) is 0 Å². The Balaban J connectivity index is 1.84. The number of benzene rings is 1. The first-order valence-corrected chi connectivity index (χ1v) is 7.25. The predicted octanol–water partition coefficient (Wildman–Crippen LogP) is 2.00. The molecule has 5 heteroatoms. The van der Waals surface area contributed by atoms with E-state index in [-0.39, 0.29) is 18.1 Å². The van der Waals surface area contributed by atoms with Crippen LogP contribution in [0.5, 0.6) is 0 Å². The summed E-state index contributed by atoms with van der Waals surface area (Å²) in [5.41, 5.74) is 1.06. The largest absolute Gasteiger partial charge is 0.373 e. The molecular formula is C16H21N3O2. The second kappa shape index (κ2) is 7.21. The number of carbonyl (C=O) groups is 1. The highest BCUT2D eigenvalue weighted by molar-refractivity contribution is 5.92. The zero-order valence-corrected chi connectivity index (χ0v) is 12.5. The van der Waals surface area contributed by atoms with E-state index in [2.05, 4.69) is 16.3 Å². The molecule has 2 unspecified atom stereocenters. The van der Waals surface area contributed by atoms with Crippen molar-refractivity contribution in [1.82, 2.24) is 4.90 Å². The summed E-state index contributed by atoms with van der Waals surface area (Å²) in [6.07, 6.45) is 0.825. The van der Waals surface area contributed by atoms with Crippen molar-refractivity contribution in [3.63, 3.8) is 0 Å². The van der Waals surface area contributed by atoms with Gasteiger partial charge in [-0.2, -0.15) is 5.26 Å². The summed E-state index contributed by atoms with van der Waals surface area (Å²) >= 11 is 0. The summed E-state index contributed by atoms with van der Waals surface area (Å²) in [4.78, 5) is 14.3. The van der Waals surface area contributed by atoms with Gasteiger partial charge >= 0.3 is 0 Å². The average Bonchev–Trinajstić information content (AvgIpc) is 2.45. The number of nitrogens with zero attached hydrogens (tertiary/aromatic N) is 2. The molecule has 1 aliphatic heterocycles. The number of anilines is 1. The molecular weight excluding hydrogens is 266 g/mol. The van der Waals surface area contributed by atoms with Gasteiger partial charge in [-0.1, -0.05) is 12.1 Å². The van der Waals surface area contributed by atoms with Gasteiger partial charge in [-0.15, -0.1) is 0 Å². The fourth-order valence-electron chi connectivity index (χ4n) is 2.63. The molecule has 1 N–H and O–H groups in total. The van der Waals surface area contributed by atoms with Crippen LogP contribution in [0, 0.1) is 11.3 Å². The van der Waals surface area contributed by atoms with Crippen molar-refractivity contribution in [3.05, 3.63) is 29.8 Å². The fourth-order valence-corrected chi connectivity index (χ4v) is 2.63. The molecule has 1 aliphatic rings. The van der Waals surface area contributed by atoms with Gasteiger partial charge in [0.2, 0.25) is 5.91 Å². The Morgan fingerprint density at radius 1 is 1.38 bits per heavy atom. The van der Waals surface area contributed by atoms with E-state index < -0.39 is 0 Å². The second-order valence-corrected chi connectivity index (χ2v) is 5.47. The lowest BCUT2D eigenvalue weighted by Gasteiger charge is -2.35. The van der Waals surface area contributed by atoms with Gasteiger partial charge in [0.25, 0.3) is 0 Å². The van der Waals surface area contributed by atoms with E-state index in [0.29, 0.717) is 24.2 Å². The third-order valence-corrected chi connectivity index (χ3v) is 3.47. The van der Waals surface area contributed by atoms with Gasteiger partial charge in [-0.25, -0.2) is 0 Å². The van der Waals surface area contributed by atoms with Crippen molar-refractivity contribution in [2.45, 2.75) is 32.5 Å². The average molecular weight is 287 g/mol. The normalized spacial score (nSPS) is 22.5. The molecule has 1 saturated heterocycles. The Bertz CT molecular complexity index is 529. The molecule has 0 spiro atoms. The topological polar surface area (TPSA) is 65.4 Å². The van der Waals surface area contributed by atoms with Crippen LogP contribution in [0.4, 0.5) is 5.69 Å². The van der Waals surface area contributed by atoms with Crippen LogP contribution in [0.2, 0.25) is 0 Å². The van der Waals surface area contributed by atoms with E-state index in [1.165, 1.54) is 0 Å². The number of rotatable bonds is 4. The van der Waals surface area contributed by atoms with Gasteiger partial charge in [-0.05, 0) is 26.0 Å². The summed E-state index contributed by atoms with van der Waals surface area (Å²) < 4.78 is 5.67. The zero-order chi connectivity index (χ0) is 15.2. The van der Waals surface area contributed by atoms with Crippen molar-refractivity contribution in [2.75, 3.05) is 25.0 Å². The Morgan fingerprint density at radius 3 is 2.71 bits per heavy atom. The number of amides is 1. The standard InChI is InChI=1S/C16H21N3O2/c1-12-10-19(11-13(2)21-12)8-7-16(20)18-15-6-4-3-5-14(15)9-17/h3-6,12-13H,7-8,10-11H2,1-2H3,(H,18,20). The van der Waals surface area contributed by atoms with Crippen molar-refractivity contribution in [1.29, 1.82) is 5.26 Å². The minimum absolute atomic E-state index is 0.0653. The first kappa shape index (κ1) is 15.5. The molecule has 0 saturated carbocycles. The van der Waals surface area contributed by atoms with E-state index in [1.807, 2.05) is 19.9 Å². The van der Waals surface area contributed by atoms with Crippen LogP contribution in [-0.2, 0) is 9.53 Å². The van der Waals surface area contributed by atoms with Crippen LogP contribution >= 0.6 is 0 Å². The molecule has 2 rings (SSSR count). The summed E-state index contributed by atoms with van der Waals surface area (Å²) in [5.74, 6) is -0.0653. The highest BCUT2D eigenvalue weighted by atomic mass is 16.5. The number of hydrogen-bond acceptors (Lipinski definition) is 4. The summed E-state index contributed by atoms with van der Waals surface area (Å²) in [6.45, 7) is 6.51. The highest BCUT2D eigenvalue weighted by Crippen LogP contribution is 2.14. The Morgan fingerprint density at radius 2 is 2.05 bits per heavy atom. The predicted molar refractivity (Wildman–Crippen MR) is 80.9 cm³/mol. The van der Waals surface area contributed by atoms with Crippen LogP contribution in [0.1, 0.15) is 25.8 Å². The maximum Gasteiger partial charge on any atom is 0.225 e. The lowest BCUT2D eigenvalue weighted by atomic mass is 10.2. The van der Waals surface area contributed by atoms with Crippen LogP contribution in [0.3, 0.4) is 0 Å². The smallest absolute Gasteiger partial charge is 0.225 e. The maximum atomic E-state index is 12.0. The van der Waals surface area contributed by atoms with Crippen LogP contribution in [0.25, 0.3) is 0 Å². The molecule has 0 bridgehead atoms. The van der Waals surface area contributed by atoms with E-state index in [0.717, 1.165) is 13.1 Å². The minimum Gasteiger partial charge on any atom is -0.373 e. The van der Waals surface area contributed by atoms with Crippen LogP contribution in [-0.4, -0.2) is 42.6 Å². The van der Waals surface area contributed by atoms with Gasteiger partial charge in [-0.3, -0.25) is 9.69 Å². The van der Waals surface area contributed by atoms with Crippen molar-refractivity contribution in [3.8, 4) is 6.07 Å². The highest BCUT2D eigenvalue weighted by Gasteiger charge is 2.22. The summed E-state index contributed by atoms with van der Waals surface area (Å²) in [5, 5.41) is 11.8. The number of nitriles is 1. The molecule has 2 atom stereocenters.